The molecule has 1 fully saturated rings. The molecule has 1 rings (SSSR count). The summed E-state index contributed by atoms with van der Waals surface area (Å²) in [6.45, 7) is -2.25. The highest BCUT2D eigenvalue weighted by atomic mass is 16.7. The van der Waals surface area contributed by atoms with Crippen molar-refractivity contribution in [2.75, 3.05) is 19.8 Å². The van der Waals surface area contributed by atoms with Gasteiger partial charge in [-0.15, -0.1) is 0 Å². The summed E-state index contributed by atoms with van der Waals surface area (Å²) in [5.41, 5.74) is 0. The molecule has 1 aliphatic heterocycles. The molecule has 1 aliphatic rings. The van der Waals surface area contributed by atoms with Crippen LogP contribution in [0.3, 0.4) is 0 Å². The van der Waals surface area contributed by atoms with Crippen LogP contribution in [0.25, 0.3) is 0 Å². The van der Waals surface area contributed by atoms with Gasteiger partial charge in [0.1, 0.15) is 42.7 Å². The zero-order chi connectivity index (χ0) is 16.2. The van der Waals surface area contributed by atoms with Gasteiger partial charge in [0, 0.05) is 0 Å². The molecule has 0 aliphatic carbocycles. The van der Waals surface area contributed by atoms with E-state index in [1.807, 2.05) is 0 Å². The summed E-state index contributed by atoms with van der Waals surface area (Å²) >= 11 is 0. The second-order valence-corrected chi connectivity index (χ2v) is 4.80. The normalized spacial score (nSPS) is 38.0. The molecule has 0 radical (unpaired) electrons. The van der Waals surface area contributed by atoms with Crippen molar-refractivity contribution in [3.63, 3.8) is 0 Å². The van der Waals surface area contributed by atoms with Crippen molar-refractivity contribution in [2.45, 2.75) is 49.0 Å². The van der Waals surface area contributed by atoms with Gasteiger partial charge in [0.25, 0.3) is 0 Å². The Morgan fingerprint density at radius 1 is 0.857 bits per heavy atom. The van der Waals surface area contributed by atoms with Crippen LogP contribution in [0.4, 0.5) is 0 Å². The van der Waals surface area contributed by atoms with E-state index in [4.69, 9.17) is 24.8 Å². The average molecular weight is 314 g/mol. The van der Waals surface area contributed by atoms with E-state index in [1.165, 1.54) is 0 Å². The highest BCUT2D eigenvalue weighted by molar-refractivity contribution is 4.90. The third kappa shape index (κ3) is 4.29. The first-order valence-corrected chi connectivity index (χ1v) is 6.41. The molecule has 8 N–H and O–H groups in total. The van der Waals surface area contributed by atoms with Gasteiger partial charge in [0.05, 0.1) is 19.8 Å². The predicted octanol–water partition coefficient (Wildman–Crippen LogP) is -5.12. The maximum atomic E-state index is 9.75. The van der Waals surface area contributed by atoms with Crippen LogP contribution in [0.1, 0.15) is 0 Å². The molecule has 21 heavy (non-hydrogen) atoms. The fourth-order valence-electron chi connectivity index (χ4n) is 1.98. The van der Waals surface area contributed by atoms with E-state index in [1.54, 1.807) is 0 Å². The molecule has 0 aromatic rings. The van der Waals surface area contributed by atoms with Gasteiger partial charge in [0.2, 0.25) is 0 Å². The SMILES string of the molecule is OCC(O)C(O[C@@H]1OC(CO)[C@H](O)C(O)C1O)C(O)CO. The highest BCUT2D eigenvalue weighted by Crippen LogP contribution is 2.24. The van der Waals surface area contributed by atoms with Gasteiger partial charge in [0.15, 0.2) is 6.29 Å². The number of rotatable bonds is 7. The first kappa shape index (κ1) is 18.6. The van der Waals surface area contributed by atoms with Crippen molar-refractivity contribution in [2.24, 2.45) is 0 Å². The molecule has 0 saturated carbocycles. The van der Waals surface area contributed by atoms with Gasteiger partial charge in [-0.3, -0.25) is 0 Å². The molecule has 0 amide bonds. The van der Waals surface area contributed by atoms with Gasteiger partial charge < -0.3 is 50.3 Å². The van der Waals surface area contributed by atoms with Crippen molar-refractivity contribution in [3.05, 3.63) is 0 Å². The summed E-state index contributed by atoms with van der Waals surface area (Å²) in [7, 11) is 0. The zero-order valence-electron chi connectivity index (χ0n) is 11.1. The van der Waals surface area contributed by atoms with Crippen LogP contribution in [0, 0.1) is 0 Å². The minimum absolute atomic E-state index is 0.666. The van der Waals surface area contributed by atoms with Crippen LogP contribution in [0.2, 0.25) is 0 Å². The molecular weight excluding hydrogens is 292 g/mol. The van der Waals surface area contributed by atoms with Gasteiger partial charge in [-0.1, -0.05) is 0 Å². The monoisotopic (exact) mass is 314 g/mol. The lowest BCUT2D eigenvalue weighted by Crippen LogP contribution is -2.61. The van der Waals surface area contributed by atoms with Gasteiger partial charge >= 0.3 is 0 Å². The van der Waals surface area contributed by atoms with Crippen LogP contribution in [-0.4, -0.2) is 110 Å². The summed E-state index contributed by atoms with van der Waals surface area (Å²) in [6, 6.07) is 0. The minimum atomic E-state index is -1.72. The molecule has 10 nitrogen and oxygen atoms in total. The quantitative estimate of drug-likeness (QED) is 0.226. The summed E-state index contributed by atoms with van der Waals surface area (Å²) in [5, 5.41) is 74.8. The Morgan fingerprint density at radius 2 is 1.38 bits per heavy atom. The first-order valence-electron chi connectivity index (χ1n) is 6.41. The van der Waals surface area contributed by atoms with Crippen LogP contribution < -0.4 is 0 Å². The van der Waals surface area contributed by atoms with Crippen molar-refractivity contribution >= 4 is 0 Å². The molecule has 126 valence electrons. The van der Waals surface area contributed by atoms with E-state index >= 15 is 0 Å². The molecule has 5 unspecified atom stereocenters. The van der Waals surface area contributed by atoms with Crippen molar-refractivity contribution < 1.29 is 50.3 Å². The fourth-order valence-corrected chi connectivity index (χ4v) is 1.98. The number of aliphatic hydroxyl groups excluding tert-OH is 8. The second kappa shape index (κ2) is 8.29. The van der Waals surface area contributed by atoms with E-state index < -0.39 is 68.8 Å². The van der Waals surface area contributed by atoms with E-state index in [0.717, 1.165) is 0 Å². The zero-order valence-corrected chi connectivity index (χ0v) is 11.1. The molecule has 0 aromatic heterocycles. The van der Waals surface area contributed by atoms with Gasteiger partial charge in [-0.05, 0) is 0 Å². The van der Waals surface area contributed by atoms with E-state index in [2.05, 4.69) is 0 Å². The number of aliphatic hydroxyl groups is 8. The third-order valence-electron chi connectivity index (χ3n) is 3.27. The van der Waals surface area contributed by atoms with Gasteiger partial charge in [-0.25, -0.2) is 0 Å². The lowest BCUT2D eigenvalue weighted by Gasteiger charge is -2.41. The van der Waals surface area contributed by atoms with Gasteiger partial charge in [-0.2, -0.15) is 0 Å². The van der Waals surface area contributed by atoms with Crippen LogP contribution in [0.5, 0.6) is 0 Å². The maximum absolute atomic E-state index is 9.75. The molecular formula is C11H22O10. The van der Waals surface area contributed by atoms with Crippen LogP contribution in [0.15, 0.2) is 0 Å². The molecule has 1 saturated heterocycles. The topological polar surface area (TPSA) is 180 Å². The Hall–Kier alpha value is -0.400. The number of hydrogen-bond donors (Lipinski definition) is 8. The standard InChI is InChI=1S/C11H22O10/c12-1-4(15)10(5(16)2-13)21-11-9(19)8(18)7(17)6(3-14)20-11/h4-19H,1-3H2/t4?,5?,6?,7-,8?,9?,10?,11-/m0/s1. The lowest BCUT2D eigenvalue weighted by molar-refractivity contribution is -0.325. The Kier molecular flexibility index (Phi) is 7.36. The maximum Gasteiger partial charge on any atom is 0.187 e. The summed E-state index contributed by atoms with van der Waals surface area (Å²) in [6.07, 6.45) is -12.5. The van der Waals surface area contributed by atoms with Crippen LogP contribution >= 0.6 is 0 Å². The second-order valence-electron chi connectivity index (χ2n) is 4.80. The summed E-state index contributed by atoms with van der Waals surface area (Å²) < 4.78 is 10.1. The summed E-state index contributed by atoms with van der Waals surface area (Å²) in [5.74, 6) is 0. The first-order chi connectivity index (χ1) is 9.87. The molecule has 0 aromatic carbocycles. The van der Waals surface area contributed by atoms with E-state index in [-0.39, 0.29) is 0 Å². The number of ether oxygens (including phenoxy) is 2. The smallest absolute Gasteiger partial charge is 0.187 e. The molecule has 7 atom stereocenters. The summed E-state index contributed by atoms with van der Waals surface area (Å²) in [4.78, 5) is 0. The average Bonchev–Trinajstić information content (AvgIpc) is 2.50. The van der Waals surface area contributed by atoms with Crippen LogP contribution in [-0.2, 0) is 9.47 Å². The van der Waals surface area contributed by atoms with E-state index in [0.29, 0.717) is 0 Å². The van der Waals surface area contributed by atoms with Crippen molar-refractivity contribution in [3.8, 4) is 0 Å². The Morgan fingerprint density at radius 3 is 1.81 bits per heavy atom. The van der Waals surface area contributed by atoms with Crippen molar-refractivity contribution in [1.29, 1.82) is 0 Å². The Labute approximate surface area is 120 Å². The van der Waals surface area contributed by atoms with E-state index in [9.17, 15) is 25.5 Å². The largest absolute Gasteiger partial charge is 0.394 e. The molecule has 0 spiro atoms. The fraction of sp³-hybridized carbons (Fsp3) is 1.00. The highest BCUT2D eigenvalue weighted by Gasteiger charge is 2.46. The Bertz CT molecular complexity index is 291. The molecule has 1 heterocycles. The number of hydrogen-bond acceptors (Lipinski definition) is 10. The van der Waals surface area contributed by atoms with Crippen molar-refractivity contribution in [1.82, 2.24) is 0 Å². The lowest BCUT2D eigenvalue weighted by atomic mass is 9.99. The third-order valence-corrected chi connectivity index (χ3v) is 3.27. The molecule has 0 bridgehead atoms. The minimum Gasteiger partial charge on any atom is -0.394 e. The molecule has 10 heteroatoms. The Balaban J connectivity index is 2.81. The predicted molar refractivity (Wildman–Crippen MR) is 64.8 cm³/mol.